The van der Waals surface area contributed by atoms with Gasteiger partial charge in [-0.15, -0.1) is 0 Å². The van der Waals surface area contributed by atoms with E-state index in [1.165, 1.54) is 0 Å². The minimum atomic E-state index is 0.195. The quantitative estimate of drug-likeness (QED) is 0.755. The molecule has 3 heteroatoms. The predicted octanol–water partition coefficient (Wildman–Crippen LogP) is 2.14. The first-order valence-corrected chi connectivity index (χ1v) is 5.36. The monoisotopic (exact) mass is 207 g/mol. The van der Waals surface area contributed by atoms with Gasteiger partial charge in [-0.25, -0.2) is 0 Å². The second-order valence-corrected chi connectivity index (χ2v) is 3.98. The predicted molar refractivity (Wildman–Crippen MR) is 60.1 cm³/mol. The van der Waals surface area contributed by atoms with Crippen molar-refractivity contribution in [2.24, 2.45) is 0 Å². The number of rotatable bonds is 2. The van der Waals surface area contributed by atoms with Crippen LogP contribution in [0, 0.1) is 6.92 Å². The minimum absolute atomic E-state index is 0.195. The summed E-state index contributed by atoms with van der Waals surface area (Å²) in [5, 5.41) is 0. The average Bonchev–Trinajstić information content (AvgIpc) is 2.24. The largest absolute Gasteiger partial charge is 0.488 e. The Kier molecular flexibility index (Phi) is 3.11. The maximum Gasteiger partial charge on any atom is 0.122 e. The Hall–Kier alpha value is -1.22. The van der Waals surface area contributed by atoms with Gasteiger partial charge in [0.25, 0.3) is 0 Å². The third-order valence-electron chi connectivity index (χ3n) is 2.61. The number of nitrogen functional groups attached to an aromatic ring is 1. The lowest BCUT2D eigenvalue weighted by Crippen LogP contribution is -2.28. The van der Waals surface area contributed by atoms with Gasteiger partial charge in [-0.1, -0.05) is 0 Å². The maximum atomic E-state index is 5.86. The molecule has 1 aromatic rings. The molecule has 1 aliphatic heterocycles. The van der Waals surface area contributed by atoms with Crippen LogP contribution in [-0.4, -0.2) is 19.3 Å². The van der Waals surface area contributed by atoms with Crippen LogP contribution in [-0.2, 0) is 4.74 Å². The van der Waals surface area contributed by atoms with E-state index in [0.717, 1.165) is 36.4 Å². The van der Waals surface area contributed by atoms with E-state index in [4.69, 9.17) is 15.2 Å². The average molecular weight is 207 g/mol. The Balaban J connectivity index is 2.03. The third kappa shape index (κ3) is 2.63. The summed E-state index contributed by atoms with van der Waals surface area (Å²) in [6, 6.07) is 5.73. The van der Waals surface area contributed by atoms with Crippen LogP contribution in [0.25, 0.3) is 0 Å². The van der Waals surface area contributed by atoms with Crippen molar-refractivity contribution in [2.75, 3.05) is 18.9 Å². The Morgan fingerprint density at radius 3 is 3.00 bits per heavy atom. The maximum absolute atomic E-state index is 5.86. The van der Waals surface area contributed by atoms with E-state index in [9.17, 15) is 0 Å². The number of ether oxygens (including phenoxy) is 2. The molecular weight excluding hydrogens is 190 g/mol. The van der Waals surface area contributed by atoms with Crippen molar-refractivity contribution in [1.29, 1.82) is 0 Å². The number of hydrogen-bond donors (Lipinski definition) is 1. The van der Waals surface area contributed by atoms with Crippen LogP contribution in [0.3, 0.4) is 0 Å². The molecule has 1 heterocycles. The van der Waals surface area contributed by atoms with Gasteiger partial charge in [0.1, 0.15) is 11.9 Å². The van der Waals surface area contributed by atoms with Gasteiger partial charge < -0.3 is 15.2 Å². The molecule has 0 bridgehead atoms. The fourth-order valence-electron chi connectivity index (χ4n) is 1.79. The van der Waals surface area contributed by atoms with Gasteiger partial charge in [-0.05, 0) is 43.5 Å². The highest BCUT2D eigenvalue weighted by Crippen LogP contribution is 2.23. The van der Waals surface area contributed by atoms with E-state index >= 15 is 0 Å². The summed E-state index contributed by atoms with van der Waals surface area (Å²) >= 11 is 0. The molecule has 1 fully saturated rings. The van der Waals surface area contributed by atoms with Gasteiger partial charge in [0.2, 0.25) is 0 Å². The van der Waals surface area contributed by atoms with Gasteiger partial charge >= 0.3 is 0 Å². The molecule has 0 aromatic heterocycles. The third-order valence-corrected chi connectivity index (χ3v) is 2.61. The molecule has 0 radical (unpaired) electrons. The summed E-state index contributed by atoms with van der Waals surface area (Å²) in [6.07, 6.45) is 2.35. The van der Waals surface area contributed by atoms with E-state index < -0.39 is 0 Å². The fourth-order valence-corrected chi connectivity index (χ4v) is 1.79. The Morgan fingerprint density at radius 1 is 1.47 bits per heavy atom. The summed E-state index contributed by atoms with van der Waals surface area (Å²) in [5.74, 6) is 0.916. The molecule has 1 aliphatic rings. The van der Waals surface area contributed by atoms with Crippen molar-refractivity contribution in [3.05, 3.63) is 23.8 Å². The second kappa shape index (κ2) is 4.53. The first kappa shape index (κ1) is 10.3. The normalized spacial score (nSPS) is 21.3. The number of aryl methyl sites for hydroxylation is 1. The topological polar surface area (TPSA) is 44.5 Å². The van der Waals surface area contributed by atoms with Crippen LogP contribution in [0.1, 0.15) is 18.4 Å². The summed E-state index contributed by atoms with van der Waals surface area (Å²) in [4.78, 5) is 0. The Labute approximate surface area is 90.2 Å². The Bertz CT molecular complexity index is 332. The molecule has 1 aromatic carbocycles. The van der Waals surface area contributed by atoms with E-state index in [-0.39, 0.29) is 6.10 Å². The van der Waals surface area contributed by atoms with Crippen molar-refractivity contribution >= 4 is 5.69 Å². The lowest BCUT2D eigenvalue weighted by atomic mass is 10.1. The molecule has 0 saturated carbocycles. The molecule has 15 heavy (non-hydrogen) atoms. The summed E-state index contributed by atoms with van der Waals surface area (Å²) in [5.41, 5.74) is 7.54. The molecule has 2 rings (SSSR count). The highest BCUT2D eigenvalue weighted by molar-refractivity contribution is 5.47. The lowest BCUT2D eigenvalue weighted by molar-refractivity contribution is 0.00716. The van der Waals surface area contributed by atoms with Crippen LogP contribution >= 0.6 is 0 Å². The second-order valence-electron chi connectivity index (χ2n) is 3.98. The van der Waals surface area contributed by atoms with Gasteiger partial charge in [-0.3, -0.25) is 0 Å². The van der Waals surface area contributed by atoms with Crippen LogP contribution in [0.5, 0.6) is 5.75 Å². The fraction of sp³-hybridized carbons (Fsp3) is 0.500. The van der Waals surface area contributed by atoms with Gasteiger partial charge in [0.05, 0.1) is 6.61 Å². The van der Waals surface area contributed by atoms with E-state index in [0.29, 0.717) is 6.61 Å². The first-order chi connectivity index (χ1) is 7.25. The lowest BCUT2D eigenvalue weighted by Gasteiger charge is -2.24. The molecule has 0 amide bonds. The highest BCUT2D eigenvalue weighted by atomic mass is 16.5. The van der Waals surface area contributed by atoms with Crippen molar-refractivity contribution in [3.8, 4) is 5.75 Å². The zero-order chi connectivity index (χ0) is 10.7. The van der Waals surface area contributed by atoms with Gasteiger partial charge in [0.15, 0.2) is 0 Å². The smallest absolute Gasteiger partial charge is 0.122 e. The number of anilines is 1. The zero-order valence-electron chi connectivity index (χ0n) is 9.03. The molecule has 2 N–H and O–H groups in total. The first-order valence-electron chi connectivity index (χ1n) is 5.36. The van der Waals surface area contributed by atoms with E-state index in [1.807, 2.05) is 25.1 Å². The number of hydrogen-bond acceptors (Lipinski definition) is 3. The van der Waals surface area contributed by atoms with Crippen LogP contribution < -0.4 is 10.5 Å². The standard InChI is InChI=1S/C12H17NO2/c1-9-7-10(13)4-5-12(9)15-11-3-2-6-14-8-11/h4-5,7,11H,2-3,6,8,13H2,1H3. The van der Waals surface area contributed by atoms with Crippen molar-refractivity contribution in [1.82, 2.24) is 0 Å². The molecule has 0 aliphatic carbocycles. The molecule has 3 nitrogen and oxygen atoms in total. The molecule has 0 spiro atoms. The molecule has 1 atom stereocenters. The molecule has 1 saturated heterocycles. The van der Waals surface area contributed by atoms with Crippen molar-refractivity contribution in [2.45, 2.75) is 25.9 Å². The summed E-state index contributed by atoms with van der Waals surface area (Å²) in [6.45, 7) is 3.57. The minimum Gasteiger partial charge on any atom is -0.488 e. The SMILES string of the molecule is Cc1cc(N)ccc1OC1CCCOC1. The van der Waals surface area contributed by atoms with Gasteiger partial charge in [-0.2, -0.15) is 0 Å². The summed E-state index contributed by atoms with van der Waals surface area (Å²) in [7, 11) is 0. The molecule has 82 valence electrons. The Morgan fingerprint density at radius 2 is 2.33 bits per heavy atom. The van der Waals surface area contributed by atoms with Crippen LogP contribution in [0.2, 0.25) is 0 Å². The van der Waals surface area contributed by atoms with Crippen LogP contribution in [0.15, 0.2) is 18.2 Å². The van der Waals surface area contributed by atoms with E-state index in [2.05, 4.69) is 0 Å². The molecular formula is C12H17NO2. The summed E-state index contributed by atoms with van der Waals surface area (Å²) < 4.78 is 11.2. The van der Waals surface area contributed by atoms with Crippen molar-refractivity contribution < 1.29 is 9.47 Å². The zero-order valence-corrected chi connectivity index (χ0v) is 9.03. The van der Waals surface area contributed by atoms with E-state index in [1.54, 1.807) is 0 Å². The molecule has 1 unspecified atom stereocenters. The number of benzene rings is 1. The van der Waals surface area contributed by atoms with Crippen molar-refractivity contribution in [3.63, 3.8) is 0 Å². The number of nitrogens with two attached hydrogens (primary N) is 1. The van der Waals surface area contributed by atoms with Crippen LogP contribution in [0.4, 0.5) is 5.69 Å². The van der Waals surface area contributed by atoms with Gasteiger partial charge in [0, 0.05) is 12.3 Å². The highest BCUT2D eigenvalue weighted by Gasteiger charge is 2.15.